The van der Waals surface area contributed by atoms with Crippen molar-refractivity contribution in [3.05, 3.63) is 164 Å². The molecule has 0 aliphatic heterocycles. The lowest BCUT2D eigenvalue weighted by molar-refractivity contribution is 0.669. The van der Waals surface area contributed by atoms with E-state index in [4.69, 9.17) is 9.40 Å². The van der Waals surface area contributed by atoms with Crippen LogP contribution in [0, 0.1) is 0 Å². The van der Waals surface area contributed by atoms with Crippen molar-refractivity contribution < 1.29 is 4.42 Å². The fourth-order valence-corrected chi connectivity index (χ4v) is 6.73. The number of aromatic nitrogens is 1. The molecule has 0 spiro atoms. The fraction of sp³-hybridized carbons (Fsp3) is 0. The molecule has 2 heterocycles. The van der Waals surface area contributed by atoms with Crippen molar-refractivity contribution in [1.29, 1.82) is 0 Å². The monoisotopic (exact) mass is 573 g/mol. The Hall–Kier alpha value is -5.99. The highest BCUT2D eigenvalue weighted by Crippen LogP contribution is 2.41. The van der Waals surface area contributed by atoms with Crippen molar-refractivity contribution in [2.75, 3.05) is 0 Å². The molecule has 0 aliphatic carbocycles. The van der Waals surface area contributed by atoms with Crippen LogP contribution in [0.25, 0.3) is 88.3 Å². The Morgan fingerprint density at radius 2 is 1.02 bits per heavy atom. The Kier molecular flexibility index (Phi) is 5.85. The first-order valence-corrected chi connectivity index (χ1v) is 15.3. The maximum absolute atomic E-state index is 6.46. The summed E-state index contributed by atoms with van der Waals surface area (Å²) >= 11 is 0. The van der Waals surface area contributed by atoms with E-state index in [0.29, 0.717) is 0 Å². The lowest BCUT2D eigenvalue weighted by Crippen LogP contribution is -1.91. The average molecular weight is 574 g/mol. The van der Waals surface area contributed by atoms with Gasteiger partial charge in [-0.05, 0) is 74.1 Å². The first-order valence-electron chi connectivity index (χ1n) is 15.3. The minimum Gasteiger partial charge on any atom is -0.456 e. The number of fused-ring (bicyclic) bond motifs is 6. The second-order valence-corrected chi connectivity index (χ2v) is 11.5. The van der Waals surface area contributed by atoms with Crippen LogP contribution in [0.2, 0.25) is 0 Å². The molecule has 2 heteroatoms. The number of hydrogen-bond donors (Lipinski definition) is 0. The molecule has 0 saturated carbocycles. The van der Waals surface area contributed by atoms with Crippen molar-refractivity contribution in [3.8, 4) is 44.8 Å². The topological polar surface area (TPSA) is 26.0 Å². The number of furan rings is 1. The van der Waals surface area contributed by atoms with Gasteiger partial charge in [0.1, 0.15) is 11.2 Å². The van der Waals surface area contributed by atoms with Crippen molar-refractivity contribution in [1.82, 2.24) is 4.98 Å². The quantitative estimate of drug-likeness (QED) is 0.196. The van der Waals surface area contributed by atoms with Gasteiger partial charge < -0.3 is 4.42 Å². The number of nitrogens with zero attached hydrogens (tertiary/aromatic N) is 1. The largest absolute Gasteiger partial charge is 0.456 e. The van der Waals surface area contributed by atoms with Crippen molar-refractivity contribution in [2.45, 2.75) is 0 Å². The van der Waals surface area contributed by atoms with Crippen LogP contribution in [0.5, 0.6) is 0 Å². The van der Waals surface area contributed by atoms with Gasteiger partial charge in [0.05, 0.1) is 11.4 Å². The molecule has 9 aromatic rings. The number of pyridine rings is 1. The summed E-state index contributed by atoms with van der Waals surface area (Å²) < 4.78 is 6.46. The van der Waals surface area contributed by atoms with E-state index in [1.165, 1.54) is 32.7 Å². The molecular weight excluding hydrogens is 546 g/mol. The van der Waals surface area contributed by atoms with Crippen molar-refractivity contribution in [2.24, 2.45) is 0 Å². The van der Waals surface area contributed by atoms with E-state index in [1.54, 1.807) is 0 Å². The second kappa shape index (κ2) is 10.3. The molecule has 0 unspecified atom stereocenters. The van der Waals surface area contributed by atoms with Crippen LogP contribution in [0.15, 0.2) is 168 Å². The Labute approximate surface area is 260 Å². The van der Waals surface area contributed by atoms with Gasteiger partial charge in [0.25, 0.3) is 0 Å². The summed E-state index contributed by atoms with van der Waals surface area (Å²) in [6.07, 6.45) is 0. The molecule has 0 amide bonds. The molecule has 0 aliphatic rings. The summed E-state index contributed by atoms with van der Waals surface area (Å²) in [5, 5.41) is 7.26. The summed E-state index contributed by atoms with van der Waals surface area (Å²) in [7, 11) is 0. The molecule has 9 rings (SSSR count). The van der Waals surface area contributed by atoms with Gasteiger partial charge in [0.15, 0.2) is 0 Å². The summed E-state index contributed by atoms with van der Waals surface area (Å²) in [5.74, 6) is 0. The van der Waals surface area contributed by atoms with Crippen LogP contribution in [0.1, 0.15) is 0 Å². The summed E-state index contributed by atoms with van der Waals surface area (Å²) in [6, 6.07) is 57.9. The number of rotatable bonds is 4. The van der Waals surface area contributed by atoms with Crippen LogP contribution in [-0.2, 0) is 0 Å². The standard InChI is InChI=1S/C43H27NO/c1-3-12-29(13-4-1)39-26-32(27-40(44-39)30-14-5-2-6-15-30)35-18-10-20-42-43(35)38-25-31(22-24-41(38)45-42)34-17-9-19-36-33-16-8-7-11-28(33)21-23-37(34)36/h1-27H. The summed E-state index contributed by atoms with van der Waals surface area (Å²) in [4.78, 5) is 5.11. The number of hydrogen-bond acceptors (Lipinski definition) is 2. The lowest BCUT2D eigenvalue weighted by atomic mass is 9.93. The zero-order valence-electron chi connectivity index (χ0n) is 24.4. The van der Waals surface area contributed by atoms with Gasteiger partial charge in [-0.25, -0.2) is 4.98 Å². The van der Waals surface area contributed by atoms with E-state index in [9.17, 15) is 0 Å². The molecule has 2 aromatic heterocycles. The minimum absolute atomic E-state index is 0.878. The summed E-state index contributed by atoms with van der Waals surface area (Å²) in [6.45, 7) is 0. The molecule has 0 atom stereocenters. The molecule has 0 saturated heterocycles. The normalized spacial score (nSPS) is 11.6. The predicted molar refractivity (Wildman–Crippen MR) is 188 cm³/mol. The zero-order chi connectivity index (χ0) is 29.7. The maximum atomic E-state index is 6.46. The summed E-state index contributed by atoms with van der Waals surface area (Å²) in [5.41, 5.74) is 10.5. The van der Waals surface area contributed by atoms with Crippen LogP contribution in [0.3, 0.4) is 0 Å². The first kappa shape index (κ1) is 25.5. The molecule has 0 N–H and O–H groups in total. The van der Waals surface area contributed by atoms with Gasteiger partial charge >= 0.3 is 0 Å². The van der Waals surface area contributed by atoms with Crippen LogP contribution >= 0.6 is 0 Å². The molecular formula is C43H27NO. The van der Waals surface area contributed by atoms with E-state index in [1.807, 2.05) is 12.1 Å². The SMILES string of the molecule is c1ccc(-c2cc(-c3cccc4oc5ccc(-c6cccc7c6ccc6ccccc67)cc5c34)cc(-c3ccccc3)n2)cc1. The van der Waals surface area contributed by atoms with Gasteiger partial charge in [0.2, 0.25) is 0 Å². The highest BCUT2D eigenvalue weighted by atomic mass is 16.3. The molecule has 210 valence electrons. The Morgan fingerprint density at radius 1 is 0.356 bits per heavy atom. The fourth-order valence-electron chi connectivity index (χ4n) is 6.73. The molecule has 2 nitrogen and oxygen atoms in total. The molecule has 0 fully saturated rings. The molecule has 45 heavy (non-hydrogen) atoms. The smallest absolute Gasteiger partial charge is 0.136 e. The highest BCUT2D eigenvalue weighted by molar-refractivity contribution is 6.16. The van der Waals surface area contributed by atoms with E-state index >= 15 is 0 Å². The van der Waals surface area contributed by atoms with Crippen molar-refractivity contribution >= 4 is 43.5 Å². The van der Waals surface area contributed by atoms with Gasteiger partial charge in [-0.15, -0.1) is 0 Å². The third-order valence-corrected chi connectivity index (χ3v) is 8.87. The Bertz CT molecular complexity index is 2470. The van der Waals surface area contributed by atoms with Gasteiger partial charge in [-0.2, -0.15) is 0 Å². The second-order valence-electron chi connectivity index (χ2n) is 11.5. The van der Waals surface area contributed by atoms with E-state index < -0.39 is 0 Å². The van der Waals surface area contributed by atoms with Crippen molar-refractivity contribution in [3.63, 3.8) is 0 Å². The average Bonchev–Trinajstić information content (AvgIpc) is 3.50. The highest BCUT2D eigenvalue weighted by Gasteiger charge is 2.17. The lowest BCUT2D eigenvalue weighted by Gasteiger charge is -2.12. The molecule has 7 aromatic carbocycles. The van der Waals surface area contributed by atoms with E-state index in [2.05, 4.69) is 152 Å². The van der Waals surface area contributed by atoms with E-state index in [-0.39, 0.29) is 0 Å². The predicted octanol–water partition coefficient (Wildman–Crippen LogP) is 12.0. The maximum Gasteiger partial charge on any atom is 0.136 e. The number of benzene rings is 7. The first-order chi connectivity index (χ1) is 22.3. The Morgan fingerprint density at radius 3 is 1.80 bits per heavy atom. The zero-order valence-corrected chi connectivity index (χ0v) is 24.4. The minimum atomic E-state index is 0.878. The van der Waals surface area contributed by atoms with E-state index in [0.717, 1.165) is 55.6 Å². The van der Waals surface area contributed by atoms with Crippen LogP contribution < -0.4 is 0 Å². The van der Waals surface area contributed by atoms with Crippen LogP contribution in [0.4, 0.5) is 0 Å². The third kappa shape index (κ3) is 4.30. The Balaban J connectivity index is 1.28. The van der Waals surface area contributed by atoms with Gasteiger partial charge in [-0.3, -0.25) is 0 Å². The van der Waals surface area contributed by atoms with Crippen LogP contribution in [-0.4, -0.2) is 4.98 Å². The molecule has 0 bridgehead atoms. The third-order valence-electron chi connectivity index (χ3n) is 8.87. The molecule has 0 radical (unpaired) electrons. The van der Waals surface area contributed by atoms with Gasteiger partial charge in [-0.1, -0.05) is 133 Å². The van der Waals surface area contributed by atoms with Gasteiger partial charge in [0, 0.05) is 21.9 Å².